The number of amides is 1. The molecule has 1 aliphatic carbocycles. The van der Waals surface area contributed by atoms with Crippen molar-refractivity contribution < 1.29 is 4.79 Å². The maximum absolute atomic E-state index is 11.9. The van der Waals surface area contributed by atoms with Gasteiger partial charge in [-0.15, -0.1) is 0 Å². The molecule has 2 N–H and O–H groups in total. The van der Waals surface area contributed by atoms with Gasteiger partial charge in [0.15, 0.2) is 0 Å². The van der Waals surface area contributed by atoms with E-state index in [0.717, 1.165) is 17.3 Å². The van der Waals surface area contributed by atoms with E-state index < -0.39 is 0 Å². The van der Waals surface area contributed by atoms with Gasteiger partial charge in [-0.25, -0.2) is 0 Å². The van der Waals surface area contributed by atoms with E-state index >= 15 is 0 Å². The molecule has 6 heteroatoms. The van der Waals surface area contributed by atoms with Crippen LogP contribution in [0, 0.1) is 0 Å². The third kappa shape index (κ3) is 4.27. The van der Waals surface area contributed by atoms with Crippen LogP contribution in [0.5, 0.6) is 0 Å². The summed E-state index contributed by atoms with van der Waals surface area (Å²) in [4.78, 5) is 11.9. The second-order valence-electron chi connectivity index (χ2n) is 4.98. The van der Waals surface area contributed by atoms with Crippen molar-refractivity contribution in [2.45, 2.75) is 38.1 Å². The predicted octanol–water partition coefficient (Wildman–Crippen LogP) is 4.62. The van der Waals surface area contributed by atoms with Crippen LogP contribution < -0.4 is 10.6 Å². The molecular formula is C14H17BrCl2N2O. The van der Waals surface area contributed by atoms with E-state index in [1.165, 1.54) is 19.3 Å². The van der Waals surface area contributed by atoms with Gasteiger partial charge in [0, 0.05) is 10.5 Å². The third-order valence-corrected chi connectivity index (χ3v) is 5.22. The fourth-order valence-corrected chi connectivity index (χ4v) is 3.20. The van der Waals surface area contributed by atoms with Crippen LogP contribution in [0.15, 0.2) is 16.6 Å². The minimum Gasteiger partial charge on any atom is -0.375 e. The van der Waals surface area contributed by atoms with Crippen LogP contribution in [0.3, 0.4) is 0 Å². The largest absolute Gasteiger partial charge is 0.375 e. The molecule has 2 rings (SSSR count). The number of carbonyl (C=O) groups excluding carboxylic acids is 1. The number of rotatable bonds is 4. The number of anilines is 1. The Morgan fingerprint density at radius 3 is 2.60 bits per heavy atom. The number of halogens is 3. The molecular weight excluding hydrogens is 363 g/mol. The summed E-state index contributed by atoms with van der Waals surface area (Å²) in [6.07, 6.45) is 5.84. The SMILES string of the molecule is O=C(CNc1ccc(Br)c(Cl)c1Cl)NC1CCCCC1. The van der Waals surface area contributed by atoms with Crippen molar-refractivity contribution in [2.75, 3.05) is 11.9 Å². The summed E-state index contributed by atoms with van der Waals surface area (Å²) >= 11 is 15.5. The van der Waals surface area contributed by atoms with Gasteiger partial charge in [-0.05, 0) is 40.9 Å². The Labute approximate surface area is 137 Å². The second-order valence-corrected chi connectivity index (χ2v) is 6.59. The van der Waals surface area contributed by atoms with Crippen molar-refractivity contribution in [3.8, 4) is 0 Å². The van der Waals surface area contributed by atoms with Crippen LogP contribution in [0.25, 0.3) is 0 Å². The van der Waals surface area contributed by atoms with E-state index in [1.807, 2.05) is 0 Å². The molecule has 1 amide bonds. The molecule has 1 aliphatic rings. The molecule has 1 fully saturated rings. The molecule has 0 aliphatic heterocycles. The highest BCUT2D eigenvalue weighted by Gasteiger charge is 2.16. The van der Waals surface area contributed by atoms with Gasteiger partial charge < -0.3 is 10.6 Å². The van der Waals surface area contributed by atoms with Gasteiger partial charge in [-0.3, -0.25) is 4.79 Å². The quantitative estimate of drug-likeness (QED) is 0.749. The molecule has 0 aromatic heterocycles. The number of benzene rings is 1. The summed E-state index contributed by atoms with van der Waals surface area (Å²) in [5.41, 5.74) is 0.665. The Morgan fingerprint density at radius 2 is 1.90 bits per heavy atom. The minimum absolute atomic E-state index is 0.00740. The molecule has 0 bridgehead atoms. The first kappa shape index (κ1) is 15.9. The van der Waals surface area contributed by atoms with Gasteiger partial charge in [-0.1, -0.05) is 42.5 Å². The van der Waals surface area contributed by atoms with Gasteiger partial charge in [0.2, 0.25) is 5.91 Å². The summed E-state index contributed by atoms with van der Waals surface area (Å²) in [7, 11) is 0. The zero-order chi connectivity index (χ0) is 14.5. The second kappa shape index (κ2) is 7.53. The highest BCUT2D eigenvalue weighted by molar-refractivity contribution is 9.10. The van der Waals surface area contributed by atoms with Crippen LogP contribution in [0.1, 0.15) is 32.1 Å². The van der Waals surface area contributed by atoms with Crippen molar-refractivity contribution in [1.29, 1.82) is 0 Å². The maximum atomic E-state index is 11.9. The number of hydrogen-bond acceptors (Lipinski definition) is 2. The summed E-state index contributed by atoms with van der Waals surface area (Å²) in [6.45, 7) is 0.203. The monoisotopic (exact) mass is 378 g/mol. The number of carbonyl (C=O) groups is 1. The van der Waals surface area contributed by atoms with Crippen molar-refractivity contribution in [2.24, 2.45) is 0 Å². The number of nitrogens with one attached hydrogen (secondary N) is 2. The van der Waals surface area contributed by atoms with Crippen molar-refractivity contribution in [3.63, 3.8) is 0 Å². The number of hydrogen-bond donors (Lipinski definition) is 2. The van der Waals surface area contributed by atoms with Crippen LogP contribution in [-0.4, -0.2) is 18.5 Å². The Hall–Kier alpha value is -0.450. The highest BCUT2D eigenvalue weighted by Crippen LogP contribution is 2.35. The van der Waals surface area contributed by atoms with Gasteiger partial charge in [0.1, 0.15) is 0 Å². The molecule has 1 aromatic rings. The zero-order valence-corrected chi connectivity index (χ0v) is 14.1. The average Bonchev–Trinajstić information content (AvgIpc) is 2.45. The van der Waals surface area contributed by atoms with E-state index in [9.17, 15) is 4.79 Å². The van der Waals surface area contributed by atoms with E-state index in [2.05, 4.69) is 26.6 Å². The molecule has 110 valence electrons. The van der Waals surface area contributed by atoms with Crippen molar-refractivity contribution in [1.82, 2.24) is 5.32 Å². The smallest absolute Gasteiger partial charge is 0.239 e. The fourth-order valence-electron chi connectivity index (χ4n) is 2.36. The molecule has 0 spiro atoms. The van der Waals surface area contributed by atoms with Crippen LogP contribution >= 0.6 is 39.1 Å². The van der Waals surface area contributed by atoms with Gasteiger partial charge in [-0.2, -0.15) is 0 Å². The van der Waals surface area contributed by atoms with Crippen molar-refractivity contribution in [3.05, 3.63) is 26.7 Å². The zero-order valence-electron chi connectivity index (χ0n) is 11.0. The minimum atomic E-state index is -0.00740. The lowest BCUT2D eigenvalue weighted by molar-refractivity contribution is -0.120. The summed E-state index contributed by atoms with van der Waals surface area (Å²) in [6, 6.07) is 3.92. The summed E-state index contributed by atoms with van der Waals surface area (Å²) in [5, 5.41) is 6.94. The van der Waals surface area contributed by atoms with Crippen LogP contribution in [0.4, 0.5) is 5.69 Å². The third-order valence-electron chi connectivity index (χ3n) is 3.44. The molecule has 0 unspecified atom stereocenters. The lowest BCUT2D eigenvalue weighted by atomic mass is 9.95. The first-order valence-corrected chi connectivity index (χ1v) is 8.29. The lowest BCUT2D eigenvalue weighted by Gasteiger charge is -2.23. The molecule has 1 saturated carbocycles. The molecule has 0 radical (unpaired) electrons. The van der Waals surface area contributed by atoms with E-state index in [0.29, 0.717) is 21.8 Å². The van der Waals surface area contributed by atoms with Gasteiger partial charge in [0.05, 0.1) is 22.3 Å². The van der Waals surface area contributed by atoms with E-state index in [4.69, 9.17) is 23.2 Å². The maximum Gasteiger partial charge on any atom is 0.239 e. The molecule has 0 atom stereocenters. The van der Waals surface area contributed by atoms with Gasteiger partial charge >= 0.3 is 0 Å². The van der Waals surface area contributed by atoms with Gasteiger partial charge in [0.25, 0.3) is 0 Å². The topological polar surface area (TPSA) is 41.1 Å². The first-order valence-electron chi connectivity index (χ1n) is 6.74. The Kier molecular flexibility index (Phi) is 6.00. The highest BCUT2D eigenvalue weighted by atomic mass is 79.9. The molecule has 0 heterocycles. The van der Waals surface area contributed by atoms with Crippen molar-refractivity contribution >= 4 is 50.7 Å². The van der Waals surface area contributed by atoms with Crippen LogP contribution in [0.2, 0.25) is 10.0 Å². The standard InChI is InChI=1S/C14H17BrCl2N2O/c15-10-6-7-11(14(17)13(10)16)18-8-12(20)19-9-4-2-1-3-5-9/h6-7,9,18H,1-5,8H2,(H,19,20). The summed E-state index contributed by atoms with van der Waals surface area (Å²) in [5.74, 6) is -0.00740. The Balaban J connectivity index is 1.85. The normalized spacial score (nSPS) is 15.9. The van der Waals surface area contributed by atoms with E-state index in [1.54, 1.807) is 12.1 Å². The average molecular weight is 380 g/mol. The molecule has 1 aromatic carbocycles. The fraction of sp³-hybridized carbons (Fsp3) is 0.500. The molecule has 0 saturated heterocycles. The lowest BCUT2D eigenvalue weighted by Crippen LogP contribution is -2.39. The Morgan fingerprint density at radius 1 is 1.20 bits per heavy atom. The molecule has 3 nitrogen and oxygen atoms in total. The first-order chi connectivity index (χ1) is 9.58. The summed E-state index contributed by atoms with van der Waals surface area (Å²) < 4.78 is 0.737. The van der Waals surface area contributed by atoms with Crippen LogP contribution in [-0.2, 0) is 4.79 Å². The van der Waals surface area contributed by atoms with E-state index in [-0.39, 0.29) is 12.5 Å². The Bertz CT molecular complexity index is 490. The predicted molar refractivity (Wildman–Crippen MR) is 87.7 cm³/mol. The molecule has 20 heavy (non-hydrogen) atoms.